The number of halogens is 3. The van der Waals surface area contributed by atoms with Crippen LogP contribution in [0.5, 0.6) is 0 Å². The van der Waals surface area contributed by atoms with Crippen LogP contribution in [0.25, 0.3) is 0 Å². The molecule has 15 heavy (non-hydrogen) atoms. The van der Waals surface area contributed by atoms with E-state index in [0.29, 0.717) is 0 Å². The highest BCUT2D eigenvalue weighted by atomic mass is 19.4. The molecule has 1 aromatic heterocycles. The van der Waals surface area contributed by atoms with Gasteiger partial charge in [-0.2, -0.15) is 13.2 Å². The summed E-state index contributed by atoms with van der Waals surface area (Å²) in [6.07, 6.45) is -3.68. The van der Waals surface area contributed by atoms with Gasteiger partial charge < -0.3 is 15.5 Å². The van der Waals surface area contributed by atoms with Crippen molar-refractivity contribution in [3.63, 3.8) is 0 Å². The molecule has 84 valence electrons. The third-order valence-corrected chi connectivity index (χ3v) is 1.98. The first-order chi connectivity index (χ1) is 6.84. The number of aromatic amines is 1. The first kappa shape index (κ1) is 11.6. The monoisotopic (exact) mass is 222 g/mol. The summed E-state index contributed by atoms with van der Waals surface area (Å²) in [7, 11) is 0.846. The van der Waals surface area contributed by atoms with Crippen LogP contribution in [-0.2, 0) is 15.1 Å². The smallest absolute Gasteiger partial charge is 0.422 e. The molecule has 0 aliphatic heterocycles. The van der Waals surface area contributed by atoms with Crippen LogP contribution in [-0.4, -0.2) is 24.2 Å². The summed E-state index contributed by atoms with van der Waals surface area (Å²) in [5.74, 6) is -1.56. The quantitative estimate of drug-likeness (QED) is 0.730. The molecule has 0 fully saturated rings. The summed E-state index contributed by atoms with van der Waals surface area (Å²) in [5, 5.41) is 0. The maximum Gasteiger partial charge on any atom is 0.422 e. The average Bonchev–Trinajstić information content (AvgIpc) is 2.66. The SMILES string of the molecule is COC(=O)[C@](N)(c1ccc[nH]1)C(F)(F)F. The molecule has 0 radical (unpaired) electrons. The molecule has 0 saturated heterocycles. The van der Waals surface area contributed by atoms with Crippen molar-refractivity contribution < 1.29 is 22.7 Å². The normalized spacial score (nSPS) is 15.8. The van der Waals surface area contributed by atoms with Crippen molar-refractivity contribution in [3.8, 4) is 0 Å². The van der Waals surface area contributed by atoms with Crippen molar-refractivity contribution in [1.82, 2.24) is 4.98 Å². The predicted molar refractivity (Wildman–Crippen MR) is 44.7 cm³/mol. The number of esters is 1. The molecule has 1 aromatic rings. The summed E-state index contributed by atoms with van der Waals surface area (Å²) in [4.78, 5) is 13.3. The van der Waals surface area contributed by atoms with Crippen molar-refractivity contribution >= 4 is 5.97 Å². The maximum absolute atomic E-state index is 12.7. The Morgan fingerprint density at radius 1 is 1.53 bits per heavy atom. The maximum atomic E-state index is 12.7. The fraction of sp³-hybridized carbons (Fsp3) is 0.375. The van der Waals surface area contributed by atoms with Crippen LogP contribution in [0.15, 0.2) is 18.3 Å². The van der Waals surface area contributed by atoms with Crippen molar-refractivity contribution in [2.75, 3.05) is 7.11 Å². The van der Waals surface area contributed by atoms with Gasteiger partial charge in [0, 0.05) is 6.20 Å². The van der Waals surface area contributed by atoms with Crippen molar-refractivity contribution in [2.45, 2.75) is 11.7 Å². The number of aromatic nitrogens is 1. The van der Waals surface area contributed by atoms with Gasteiger partial charge in [-0.25, -0.2) is 4.79 Å². The van der Waals surface area contributed by atoms with Gasteiger partial charge >= 0.3 is 12.1 Å². The summed E-state index contributed by atoms with van der Waals surface area (Å²) in [5.41, 5.74) is 1.46. The first-order valence-electron chi connectivity index (χ1n) is 3.92. The molecule has 0 bridgehead atoms. The number of hydrogen-bond donors (Lipinski definition) is 2. The summed E-state index contributed by atoms with van der Waals surface area (Å²) in [6, 6.07) is 2.38. The minimum Gasteiger partial charge on any atom is -0.467 e. The topological polar surface area (TPSA) is 68.1 Å². The summed E-state index contributed by atoms with van der Waals surface area (Å²) < 4.78 is 42.0. The van der Waals surface area contributed by atoms with Gasteiger partial charge in [-0.3, -0.25) is 0 Å². The third kappa shape index (κ3) is 1.70. The van der Waals surface area contributed by atoms with E-state index in [1.54, 1.807) is 0 Å². The molecular weight excluding hydrogens is 213 g/mol. The molecule has 1 atom stereocenters. The molecular formula is C8H9F3N2O2. The number of carbonyl (C=O) groups excluding carboxylic acids is 1. The molecule has 0 aromatic carbocycles. The fourth-order valence-corrected chi connectivity index (χ4v) is 1.11. The lowest BCUT2D eigenvalue weighted by Crippen LogP contribution is -2.57. The molecule has 1 heterocycles. The van der Waals surface area contributed by atoms with E-state index >= 15 is 0 Å². The molecule has 7 heteroatoms. The summed E-state index contributed by atoms with van der Waals surface area (Å²) >= 11 is 0. The Bertz CT molecular complexity index is 347. The van der Waals surface area contributed by atoms with Crippen LogP contribution in [0.3, 0.4) is 0 Å². The number of nitrogens with two attached hydrogens (primary N) is 1. The van der Waals surface area contributed by atoms with E-state index in [1.807, 2.05) is 0 Å². The van der Waals surface area contributed by atoms with Crippen LogP contribution < -0.4 is 5.73 Å². The number of alkyl halides is 3. The zero-order valence-electron chi connectivity index (χ0n) is 7.76. The highest BCUT2D eigenvalue weighted by molar-refractivity contribution is 5.82. The number of H-pyrrole nitrogens is 1. The molecule has 4 nitrogen and oxygen atoms in total. The standard InChI is InChI=1S/C8H9F3N2O2/c1-15-6(14)7(12,8(9,10)11)5-3-2-4-13-5/h2-4,13H,12H2,1H3/t7-/m1/s1. The Hall–Kier alpha value is -1.50. The lowest BCUT2D eigenvalue weighted by molar-refractivity contribution is -0.207. The van der Waals surface area contributed by atoms with Crippen LogP contribution in [0.4, 0.5) is 13.2 Å². The zero-order chi connectivity index (χ0) is 11.7. The lowest BCUT2D eigenvalue weighted by Gasteiger charge is -2.27. The first-order valence-corrected chi connectivity index (χ1v) is 3.92. The number of nitrogens with one attached hydrogen (secondary N) is 1. The second kappa shape index (κ2) is 3.58. The summed E-state index contributed by atoms with van der Waals surface area (Å²) in [6.45, 7) is 0. The second-order valence-electron chi connectivity index (χ2n) is 2.88. The van der Waals surface area contributed by atoms with Crippen molar-refractivity contribution in [3.05, 3.63) is 24.0 Å². The number of rotatable bonds is 2. The molecule has 1 rings (SSSR count). The zero-order valence-corrected chi connectivity index (χ0v) is 7.76. The lowest BCUT2D eigenvalue weighted by atomic mass is 9.96. The highest BCUT2D eigenvalue weighted by Gasteiger charge is 2.60. The van der Waals surface area contributed by atoms with Crippen LogP contribution in [0.2, 0.25) is 0 Å². The van der Waals surface area contributed by atoms with E-state index in [2.05, 4.69) is 9.72 Å². The molecule has 0 unspecified atom stereocenters. The Morgan fingerprint density at radius 3 is 2.47 bits per heavy atom. The fourth-order valence-electron chi connectivity index (χ4n) is 1.11. The average molecular weight is 222 g/mol. The van der Waals surface area contributed by atoms with Gasteiger partial charge in [-0.1, -0.05) is 0 Å². The number of hydrogen-bond acceptors (Lipinski definition) is 3. The Morgan fingerprint density at radius 2 is 2.13 bits per heavy atom. The van der Waals surface area contributed by atoms with Crippen molar-refractivity contribution in [1.29, 1.82) is 0 Å². The van der Waals surface area contributed by atoms with Crippen molar-refractivity contribution in [2.24, 2.45) is 5.73 Å². The third-order valence-electron chi connectivity index (χ3n) is 1.98. The highest BCUT2D eigenvalue weighted by Crippen LogP contribution is 2.36. The number of methoxy groups -OCH3 is 1. The van der Waals surface area contributed by atoms with Crippen LogP contribution in [0.1, 0.15) is 5.69 Å². The molecule has 3 N–H and O–H groups in total. The van der Waals surface area contributed by atoms with Crippen LogP contribution in [0, 0.1) is 0 Å². The van der Waals surface area contributed by atoms with Gasteiger partial charge in [0.2, 0.25) is 0 Å². The Balaban J connectivity index is 3.26. The minimum atomic E-state index is -4.93. The number of ether oxygens (including phenoxy) is 1. The minimum absolute atomic E-state index is 0.457. The molecule has 0 aliphatic rings. The van der Waals surface area contributed by atoms with E-state index in [-0.39, 0.29) is 0 Å². The van der Waals surface area contributed by atoms with Gasteiger partial charge in [-0.05, 0) is 12.1 Å². The second-order valence-corrected chi connectivity index (χ2v) is 2.88. The van der Waals surface area contributed by atoms with E-state index in [4.69, 9.17) is 5.73 Å². The van der Waals surface area contributed by atoms with E-state index in [9.17, 15) is 18.0 Å². The molecule has 0 amide bonds. The predicted octanol–water partition coefficient (Wildman–Crippen LogP) is 0.904. The number of carbonyl (C=O) groups is 1. The molecule has 0 spiro atoms. The molecule has 0 saturated carbocycles. The Labute approximate surface area is 83.2 Å². The van der Waals surface area contributed by atoms with Crippen LogP contribution >= 0.6 is 0 Å². The van der Waals surface area contributed by atoms with E-state index in [1.165, 1.54) is 12.3 Å². The van der Waals surface area contributed by atoms with Gasteiger partial charge in [-0.15, -0.1) is 0 Å². The van der Waals surface area contributed by atoms with E-state index < -0.39 is 23.4 Å². The molecule has 0 aliphatic carbocycles. The largest absolute Gasteiger partial charge is 0.467 e. The van der Waals surface area contributed by atoms with E-state index in [0.717, 1.165) is 13.2 Å². The van der Waals surface area contributed by atoms with Gasteiger partial charge in [0.15, 0.2) is 0 Å². The van der Waals surface area contributed by atoms with Gasteiger partial charge in [0.1, 0.15) is 0 Å². The van der Waals surface area contributed by atoms with Gasteiger partial charge in [0.05, 0.1) is 12.8 Å². The van der Waals surface area contributed by atoms with Gasteiger partial charge in [0.25, 0.3) is 5.54 Å². The Kier molecular flexibility index (Phi) is 2.76.